The molecule has 1 atom stereocenters. The van der Waals surface area contributed by atoms with Crippen LogP contribution in [0.15, 0.2) is 60.2 Å². The molecule has 1 aromatic carbocycles. The number of nitrogens with one attached hydrogen (secondary N) is 1. The van der Waals surface area contributed by atoms with Crippen LogP contribution >= 0.6 is 11.3 Å². The van der Waals surface area contributed by atoms with Gasteiger partial charge in [-0.1, -0.05) is 30.3 Å². The molecular weight excluding hydrogens is 418 g/mol. The Labute approximate surface area is 191 Å². The largest absolute Gasteiger partial charge is 0.356 e. The standard InChI is InChI=1S/C25H25N5OS/c1-2-27-24(31)19-11-7-13-30(15-19)23-21-20(17-8-4-3-5-9-17)16-32-25(21)29-22(28-23)18-10-6-12-26-14-18/h3-6,8-10,12,14,16,19H,2,7,11,13,15H2,1H3,(H,27,31). The molecule has 0 aliphatic carbocycles. The third-order valence-electron chi connectivity index (χ3n) is 5.86. The van der Waals surface area contributed by atoms with Gasteiger partial charge in [-0.2, -0.15) is 0 Å². The Morgan fingerprint density at radius 1 is 1.16 bits per heavy atom. The summed E-state index contributed by atoms with van der Waals surface area (Å²) >= 11 is 1.63. The number of nitrogens with zero attached hydrogens (tertiary/aromatic N) is 4. The molecule has 4 aromatic rings. The number of hydrogen-bond donors (Lipinski definition) is 1. The average molecular weight is 444 g/mol. The maximum absolute atomic E-state index is 12.6. The van der Waals surface area contributed by atoms with E-state index in [0.717, 1.165) is 52.1 Å². The summed E-state index contributed by atoms with van der Waals surface area (Å²) in [5, 5.41) is 6.21. The second-order valence-electron chi connectivity index (χ2n) is 7.99. The lowest BCUT2D eigenvalue weighted by atomic mass is 9.96. The quantitative estimate of drug-likeness (QED) is 0.481. The molecule has 0 radical (unpaired) electrons. The van der Waals surface area contributed by atoms with E-state index in [4.69, 9.17) is 9.97 Å². The molecule has 1 amide bonds. The highest BCUT2D eigenvalue weighted by Crippen LogP contribution is 2.40. The zero-order valence-corrected chi connectivity index (χ0v) is 18.8. The Kier molecular flexibility index (Phi) is 5.81. The molecule has 1 aliphatic rings. The number of hydrogen-bond acceptors (Lipinski definition) is 6. The van der Waals surface area contributed by atoms with E-state index >= 15 is 0 Å². The molecule has 0 spiro atoms. The van der Waals surface area contributed by atoms with E-state index in [1.165, 1.54) is 0 Å². The first-order valence-electron chi connectivity index (χ1n) is 11.0. The monoisotopic (exact) mass is 443 g/mol. The smallest absolute Gasteiger partial charge is 0.224 e. The summed E-state index contributed by atoms with van der Waals surface area (Å²) in [5.41, 5.74) is 3.18. The van der Waals surface area contributed by atoms with Gasteiger partial charge in [-0.25, -0.2) is 9.97 Å². The van der Waals surface area contributed by atoms with Crippen LogP contribution in [-0.4, -0.2) is 40.5 Å². The molecule has 3 aromatic heterocycles. The van der Waals surface area contributed by atoms with Gasteiger partial charge in [0, 0.05) is 48.5 Å². The van der Waals surface area contributed by atoms with Crippen molar-refractivity contribution >= 4 is 33.3 Å². The lowest BCUT2D eigenvalue weighted by Gasteiger charge is -2.33. The predicted molar refractivity (Wildman–Crippen MR) is 130 cm³/mol. The first-order valence-corrected chi connectivity index (χ1v) is 11.9. The first-order chi connectivity index (χ1) is 15.7. The molecule has 1 fully saturated rings. The van der Waals surface area contributed by atoms with Gasteiger partial charge in [0.1, 0.15) is 10.6 Å². The van der Waals surface area contributed by atoms with Crippen molar-refractivity contribution in [1.29, 1.82) is 0 Å². The van der Waals surface area contributed by atoms with Gasteiger partial charge in [0.15, 0.2) is 5.82 Å². The molecule has 4 heterocycles. The highest BCUT2D eigenvalue weighted by atomic mass is 32.1. The van der Waals surface area contributed by atoms with Crippen molar-refractivity contribution in [2.45, 2.75) is 19.8 Å². The van der Waals surface area contributed by atoms with E-state index in [-0.39, 0.29) is 11.8 Å². The van der Waals surface area contributed by atoms with E-state index in [1.807, 2.05) is 25.1 Å². The molecule has 1 unspecified atom stereocenters. The number of thiophene rings is 1. The summed E-state index contributed by atoms with van der Waals surface area (Å²) in [6.45, 7) is 4.15. The Balaban J connectivity index is 1.64. The van der Waals surface area contributed by atoms with Gasteiger partial charge in [-0.05, 0) is 37.5 Å². The van der Waals surface area contributed by atoms with Crippen LogP contribution in [0, 0.1) is 5.92 Å². The van der Waals surface area contributed by atoms with Crippen molar-refractivity contribution in [1.82, 2.24) is 20.3 Å². The maximum atomic E-state index is 12.6. The van der Waals surface area contributed by atoms with Crippen LogP contribution < -0.4 is 10.2 Å². The molecular formula is C25H25N5OS. The van der Waals surface area contributed by atoms with Crippen molar-refractivity contribution < 1.29 is 4.79 Å². The lowest BCUT2D eigenvalue weighted by Crippen LogP contribution is -2.43. The normalized spacial score (nSPS) is 16.3. The second-order valence-corrected chi connectivity index (χ2v) is 8.85. The summed E-state index contributed by atoms with van der Waals surface area (Å²) in [4.78, 5) is 30.0. The summed E-state index contributed by atoms with van der Waals surface area (Å²) in [5.74, 6) is 1.67. The fourth-order valence-electron chi connectivity index (χ4n) is 4.31. The number of amides is 1. The van der Waals surface area contributed by atoms with Crippen molar-refractivity contribution in [2.24, 2.45) is 5.92 Å². The number of anilines is 1. The lowest BCUT2D eigenvalue weighted by molar-refractivity contribution is -0.125. The van der Waals surface area contributed by atoms with Crippen molar-refractivity contribution in [3.05, 3.63) is 60.2 Å². The number of carbonyl (C=O) groups is 1. The van der Waals surface area contributed by atoms with Crippen LogP contribution in [-0.2, 0) is 4.79 Å². The van der Waals surface area contributed by atoms with Crippen molar-refractivity contribution in [2.75, 3.05) is 24.5 Å². The minimum Gasteiger partial charge on any atom is -0.356 e. The minimum atomic E-state index is -0.0330. The van der Waals surface area contributed by atoms with Crippen molar-refractivity contribution in [3.8, 4) is 22.5 Å². The Hall–Kier alpha value is -3.32. The van der Waals surface area contributed by atoms with Gasteiger partial charge >= 0.3 is 0 Å². The molecule has 1 aliphatic heterocycles. The molecule has 0 saturated carbocycles. The van der Waals surface area contributed by atoms with Crippen LogP contribution in [0.1, 0.15) is 19.8 Å². The summed E-state index contributed by atoms with van der Waals surface area (Å²) in [7, 11) is 0. The number of carbonyl (C=O) groups excluding carboxylic acids is 1. The zero-order chi connectivity index (χ0) is 21.9. The molecule has 5 rings (SSSR count). The van der Waals surface area contributed by atoms with E-state index in [2.05, 4.69) is 44.8 Å². The molecule has 32 heavy (non-hydrogen) atoms. The number of pyridine rings is 1. The zero-order valence-electron chi connectivity index (χ0n) is 18.0. The average Bonchev–Trinajstić information content (AvgIpc) is 3.29. The third-order valence-corrected chi connectivity index (χ3v) is 6.73. The SMILES string of the molecule is CCNC(=O)C1CCCN(c2nc(-c3cccnc3)nc3scc(-c4ccccc4)c23)C1. The van der Waals surface area contributed by atoms with Crippen molar-refractivity contribution in [3.63, 3.8) is 0 Å². The van der Waals surface area contributed by atoms with E-state index in [1.54, 1.807) is 23.7 Å². The molecule has 6 nitrogen and oxygen atoms in total. The van der Waals surface area contributed by atoms with E-state index in [0.29, 0.717) is 18.9 Å². The van der Waals surface area contributed by atoms with Crippen LogP contribution in [0.25, 0.3) is 32.7 Å². The maximum Gasteiger partial charge on any atom is 0.224 e. The fraction of sp³-hybridized carbons (Fsp3) is 0.280. The Morgan fingerprint density at radius 3 is 2.78 bits per heavy atom. The third kappa shape index (κ3) is 3.96. The molecule has 0 bridgehead atoms. The molecule has 1 N–H and O–H groups in total. The fourth-order valence-corrected chi connectivity index (χ4v) is 5.25. The number of rotatable bonds is 5. The number of piperidine rings is 1. The summed E-state index contributed by atoms with van der Waals surface area (Å²) in [6.07, 6.45) is 5.41. The van der Waals surface area contributed by atoms with Crippen LogP contribution in [0.4, 0.5) is 5.82 Å². The number of fused-ring (bicyclic) bond motifs is 1. The topological polar surface area (TPSA) is 71.0 Å². The first kappa shape index (κ1) is 20.6. The molecule has 162 valence electrons. The number of aromatic nitrogens is 3. The van der Waals surface area contributed by atoms with Gasteiger partial charge in [0.05, 0.1) is 11.3 Å². The van der Waals surface area contributed by atoms with Crippen LogP contribution in [0.5, 0.6) is 0 Å². The van der Waals surface area contributed by atoms with Crippen LogP contribution in [0.2, 0.25) is 0 Å². The van der Waals surface area contributed by atoms with Gasteiger partial charge < -0.3 is 10.2 Å². The van der Waals surface area contributed by atoms with Gasteiger partial charge in [-0.15, -0.1) is 11.3 Å². The van der Waals surface area contributed by atoms with Gasteiger partial charge in [-0.3, -0.25) is 9.78 Å². The van der Waals surface area contributed by atoms with Gasteiger partial charge in [0.25, 0.3) is 0 Å². The van der Waals surface area contributed by atoms with E-state index < -0.39 is 0 Å². The molecule has 1 saturated heterocycles. The second kappa shape index (κ2) is 9.04. The molecule has 7 heteroatoms. The highest BCUT2D eigenvalue weighted by Gasteiger charge is 2.29. The van der Waals surface area contributed by atoms with Gasteiger partial charge in [0.2, 0.25) is 5.91 Å². The Bertz CT molecular complexity index is 1230. The minimum absolute atomic E-state index is 0.0330. The Morgan fingerprint density at radius 2 is 2.00 bits per heavy atom. The summed E-state index contributed by atoms with van der Waals surface area (Å²) < 4.78 is 0. The summed E-state index contributed by atoms with van der Waals surface area (Å²) in [6, 6.07) is 14.3. The predicted octanol–water partition coefficient (Wildman–Crippen LogP) is 4.77. The van der Waals surface area contributed by atoms with Crippen LogP contribution in [0.3, 0.4) is 0 Å². The number of benzene rings is 1. The van der Waals surface area contributed by atoms with E-state index in [9.17, 15) is 4.79 Å². The highest BCUT2D eigenvalue weighted by molar-refractivity contribution is 7.17.